The molecule has 3 N–H and O–H groups in total. The molecule has 0 aliphatic carbocycles. The Labute approximate surface area is 77.5 Å². The molecule has 13 heavy (non-hydrogen) atoms. The smallest absolute Gasteiger partial charge is 0.169 e. The summed E-state index contributed by atoms with van der Waals surface area (Å²) in [6.45, 7) is 1.24. The summed E-state index contributed by atoms with van der Waals surface area (Å²) >= 11 is 0. The van der Waals surface area contributed by atoms with Gasteiger partial charge in [-0.3, -0.25) is 14.8 Å². The van der Waals surface area contributed by atoms with Gasteiger partial charge in [0.15, 0.2) is 6.29 Å². The van der Waals surface area contributed by atoms with E-state index in [0.717, 1.165) is 6.29 Å². The Bertz CT molecular complexity index is 205. The third-order valence-electron chi connectivity index (χ3n) is 1.61. The number of hydrogen-bond donors (Lipinski definition) is 3. The second-order valence-electron chi connectivity index (χ2n) is 2.69. The molecule has 0 fully saturated rings. The van der Waals surface area contributed by atoms with Crippen LogP contribution in [-0.4, -0.2) is 43.7 Å². The van der Waals surface area contributed by atoms with Crippen LogP contribution in [0.15, 0.2) is 11.9 Å². The summed E-state index contributed by atoms with van der Waals surface area (Å²) in [5, 5.41) is 9.45. The van der Waals surface area contributed by atoms with Crippen LogP contribution >= 0.6 is 0 Å². The minimum atomic E-state index is 0.588. The second-order valence-corrected chi connectivity index (χ2v) is 2.69. The molecule has 0 saturated carbocycles. The number of allylic oxidation sites excluding steroid dienone is 1. The first-order valence-electron chi connectivity index (χ1n) is 4.08. The van der Waals surface area contributed by atoms with E-state index in [2.05, 4.69) is 16.2 Å². The molecule has 0 saturated heterocycles. The van der Waals surface area contributed by atoms with Gasteiger partial charge in [0.1, 0.15) is 5.70 Å². The summed E-state index contributed by atoms with van der Waals surface area (Å²) < 4.78 is 0. The van der Waals surface area contributed by atoms with Crippen LogP contribution in [0.3, 0.4) is 0 Å². The lowest BCUT2D eigenvalue weighted by Crippen LogP contribution is -2.46. The number of hydrazine groups is 2. The molecule has 0 bridgehead atoms. The van der Waals surface area contributed by atoms with E-state index >= 15 is 0 Å². The van der Waals surface area contributed by atoms with Crippen molar-refractivity contribution in [1.82, 2.24) is 26.2 Å². The molecule has 0 radical (unpaired) electrons. The van der Waals surface area contributed by atoms with Crippen molar-refractivity contribution in [2.45, 2.75) is 0 Å². The van der Waals surface area contributed by atoms with Crippen molar-refractivity contribution < 1.29 is 4.79 Å². The molecule has 0 aromatic rings. The van der Waals surface area contributed by atoms with Gasteiger partial charge in [0.2, 0.25) is 0 Å². The number of nitrogens with zero attached hydrogens (tertiary/aromatic N) is 2. The van der Waals surface area contributed by atoms with E-state index in [4.69, 9.17) is 0 Å². The van der Waals surface area contributed by atoms with Crippen LogP contribution in [0.1, 0.15) is 0 Å². The van der Waals surface area contributed by atoms with Crippen LogP contribution in [-0.2, 0) is 4.79 Å². The molecule has 0 aromatic heterocycles. The molecule has 74 valence electrons. The maximum atomic E-state index is 10.6. The first-order valence-corrected chi connectivity index (χ1v) is 4.08. The van der Waals surface area contributed by atoms with Crippen molar-refractivity contribution in [3.63, 3.8) is 0 Å². The Morgan fingerprint density at radius 1 is 1.46 bits per heavy atom. The van der Waals surface area contributed by atoms with Gasteiger partial charge in [-0.1, -0.05) is 0 Å². The molecular weight excluding hydrogens is 170 g/mol. The third-order valence-corrected chi connectivity index (χ3v) is 1.61. The standard InChI is InChI=1S/C7H15N5O/c1-8-5-11-3-7(4-13)12(10-11)6-9-2/h3-4,8-10H,5-6H2,1-2H3. The van der Waals surface area contributed by atoms with Crippen molar-refractivity contribution in [1.29, 1.82) is 0 Å². The predicted molar refractivity (Wildman–Crippen MR) is 48.8 cm³/mol. The molecule has 0 amide bonds. The van der Waals surface area contributed by atoms with Crippen molar-refractivity contribution in [3.05, 3.63) is 11.9 Å². The van der Waals surface area contributed by atoms with Crippen LogP contribution in [0.5, 0.6) is 0 Å². The fraction of sp³-hybridized carbons (Fsp3) is 0.571. The summed E-state index contributed by atoms with van der Waals surface area (Å²) in [6, 6.07) is 0. The number of carbonyl (C=O) groups is 1. The minimum Gasteiger partial charge on any atom is -0.302 e. The fourth-order valence-corrected chi connectivity index (χ4v) is 1.10. The molecule has 1 heterocycles. The van der Waals surface area contributed by atoms with Crippen molar-refractivity contribution in [3.8, 4) is 0 Å². The highest BCUT2D eigenvalue weighted by molar-refractivity contribution is 5.72. The Balaban J connectivity index is 2.52. The first kappa shape index (κ1) is 9.97. The molecule has 0 aromatic carbocycles. The molecule has 6 nitrogen and oxygen atoms in total. The zero-order chi connectivity index (χ0) is 9.68. The summed E-state index contributed by atoms with van der Waals surface area (Å²) in [6.07, 6.45) is 2.57. The molecule has 1 aliphatic rings. The monoisotopic (exact) mass is 185 g/mol. The van der Waals surface area contributed by atoms with Crippen molar-refractivity contribution in [2.24, 2.45) is 0 Å². The maximum Gasteiger partial charge on any atom is 0.169 e. The van der Waals surface area contributed by atoms with Gasteiger partial charge in [-0.15, -0.1) is 5.53 Å². The van der Waals surface area contributed by atoms with Gasteiger partial charge in [-0.2, -0.15) is 0 Å². The number of carbonyl (C=O) groups excluding carboxylic acids is 1. The van der Waals surface area contributed by atoms with E-state index in [1.807, 2.05) is 14.1 Å². The van der Waals surface area contributed by atoms with Gasteiger partial charge in [0.05, 0.1) is 13.3 Å². The Hall–Kier alpha value is -1.11. The molecule has 0 unspecified atom stereocenters. The van der Waals surface area contributed by atoms with Crippen molar-refractivity contribution >= 4 is 6.29 Å². The zero-order valence-electron chi connectivity index (χ0n) is 7.87. The normalized spacial score (nSPS) is 16.3. The van der Waals surface area contributed by atoms with Crippen LogP contribution < -0.4 is 16.2 Å². The van der Waals surface area contributed by atoms with Gasteiger partial charge in [0.25, 0.3) is 0 Å². The highest BCUT2D eigenvalue weighted by atomic mass is 16.1. The predicted octanol–water partition coefficient (Wildman–Crippen LogP) is -1.58. The van der Waals surface area contributed by atoms with Crippen LogP contribution in [0.4, 0.5) is 0 Å². The highest BCUT2D eigenvalue weighted by Crippen LogP contribution is 2.05. The highest BCUT2D eigenvalue weighted by Gasteiger charge is 2.18. The average molecular weight is 185 g/mol. The van der Waals surface area contributed by atoms with Gasteiger partial charge < -0.3 is 10.6 Å². The van der Waals surface area contributed by atoms with Crippen LogP contribution in [0.25, 0.3) is 0 Å². The average Bonchev–Trinajstić information content (AvgIpc) is 2.49. The molecule has 1 aliphatic heterocycles. The van der Waals surface area contributed by atoms with E-state index in [0.29, 0.717) is 19.0 Å². The summed E-state index contributed by atoms with van der Waals surface area (Å²) in [7, 11) is 3.67. The molecule has 1 rings (SSSR count). The lowest BCUT2D eigenvalue weighted by molar-refractivity contribution is -0.106. The summed E-state index contributed by atoms with van der Waals surface area (Å²) in [4.78, 5) is 10.6. The second kappa shape index (κ2) is 4.80. The Morgan fingerprint density at radius 2 is 2.15 bits per heavy atom. The van der Waals surface area contributed by atoms with Gasteiger partial charge in [-0.05, 0) is 14.1 Å². The van der Waals surface area contributed by atoms with Crippen LogP contribution in [0, 0.1) is 0 Å². The van der Waals surface area contributed by atoms with Gasteiger partial charge >= 0.3 is 0 Å². The van der Waals surface area contributed by atoms with E-state index in [1.54, 1.807) is 16.2 Å². The van der Waals surface area contributed by atoms with E-state index in [9.17, 15) is 4.79 Å². The Morgan fingerprint density at radius 3 is 2.69 bits per heavy atom. The summed E-state index contributed by atoms with van der Waals surface area (Å²) in [5.41, 5.74) is 3.63. The molecular formula is C7H15N5O. The third kappa shape index (κ3) is 2.41. The van der Waals surface area contributed by atoms with Crippen molar-refractivity contribution in [2.75, 3.05) is 27.4 Å². The maximum absolute atomic E-state index is 10.6. The number of hydrogen-bond acceptors (Lipinski definition) is 6. The zero-order valence-corrected chi connectivity index (χ0v) is 7.87. The minimum absolute atomic E-state index is 0.588. The number of nitrogens with one attached hydrogen (secondary N) is 3. The fourth-order valence-electron chi connectivity index (χ4n) is 1.10. The van der Waals surface area contributed by atoms with Crippen LogP contribution in [0.2, 0.25) is 0 Å². The molecule has 0 spiro atoms. The Kier molecular flexibility index (Phi) is 3.69. The largest absolute Gasteiger partial charge is 0.302 e. The topological polar surface area (TPSA) is 59.6 Å². The number of rotatable bonds is 5. The quantitative estimate of drug-likeness (QED) is 0.449. The van der Waals surface area contributed by atoms with E-state index in [-0.39, 0.29) is 0 Å². The first-order chi connectivity index (χ1) is 6.31. The lowest BCUT2D eigenvalue weighted by atomic mass is 10.5. The van der Waals surface area contributed by atoms with Gasteiger partial charge in [0, 0.05) is 6.20 Å². The molecule has 6 heteroatoms. The summed E-state index contributed by atoms with van der Waals surface area (Å²) in [5.74, 6) is 0. The van der Waals surface area contributed by atoms with Gasteiger partial charge in [-0.25, -0.2) is 0 Å². The lowest BCUT2D eigenvalue weighted by Gasteiger charge is -2.22. The van der Waals surface area contributed by atoms with E-state index < -0.39 is 0 Å². The van der Waals surface area contributed by atoms with E-state index in [1.165, 1.54) is 0 Å². The number of aldehydes is 1. The SMILES string of the molecule is CNCN1C=C(C=O)N(CNC)N1. The molecule has 0 atom stereocenters.